The zero-order valence-corrected chi connectivity index (χ0v) is 24.5. The summed E-state index contributed by atoms with van der Waals surface area (Å²) >= 11 is 0. The van der Waals surface area contributed by atoms with Gasteiger partial charge in [-0.15, -0.1) is 0 Å². The lowest BCUT2D eigenvalue weighted by atomic mass is 9.87. The maximum Gasteiger partial charge on any atom is 0.240 e. The number of nitrogens with two attached hydrogens (primary N) is 1. The van der Waals surface area contributed by atoms with Crippen molar-refractivity contribution in [2.45, 2.75) is 64.3 Å². The molecule has 0 fully saturated rings. The summed E-state index contributed by atoms with van der Waals surface area (Å²) in [6.45, 7) is 7.29. The van der Waals surface area contributed by atoms with Gasteiger partial charge >= 0.3 is 0 Å². The highest BCUT2D eigenvalue weighted by atomic mass is 16.3. The van der Waals surface area contributed by atoms with Crippen LogP contribution < -0.4 is 16.4 Å². The van der Waals surface area contributed by atoms with E-state index in [2.05, 4.69) is 60.7 Å². The Labute approximate surface area is 247 Å². The van der Waals surface area contributed by atoms with Crippen molar-refractivity contribution < 1.29 is 14.7 Å². The van der Waals surface area contributed by atoms with Gasteiger partial charge in [0.1, 0.15) is 23.3 Å². The Bertz CT molecular complexity index is 1480. The molecule has 2 amide bonds. The highest BCUT2D eigenvalue weighted by Gasteiger charge is 2.19. The normalized spacial score (nSPS) is 12.1. The van der Waals surface area contributed by atoms with Crippen molar-refractivity contribution in [2.75, 3.05) is 11.9 Å². The summed E-state index contributed by atoms with van der Waals surface area (Å²) in [5.74, 6) is 0.146. The number of aromatic nitrogens is 3. The maximum absolute atomic E-state index is 12.5. The Kier molecular flexibility index (Phi) is 9.96. The van der Waals surface area contributed by atoms with Crippen LogP contribution in [0.5, 0.6) is 5.75 Å². The van der Waals surface area contributed by atoms with E-state index in [0.29, 0.717) is 19.4 Å². The Hall–Kier alpha value is -4.66. The minimum absolute atomic E-state index is 0.0619. The fourth-order valence-electron chi connectivity index (χ4n) is 4.66. The van der Waals surface area contributed by atoms with E-state index in [9.17, 15) is 14.7 Å². The third-order valence-electron chi connectivity index (χ3n) is 7.03. The first-order valence-electron chi connectivity index (χ1n) is 14.3. The molecule has 2 heterocycles. The van der Waals surface area contributed by atoms with E-state index in [1.54, 1.807) is 30.5 Å². The number of pyridine rings is 1. The molecule has 0 radical (unpaired) electrons. The number of carbonyl (C=O) groups is 2. The summed E-state index contributed by atoms with van der Waals surface area (Å²) in [6.07, 6.45) is 4.64. The van der Waals surface area contributed by atoms with E-state index in [1.165, 1.54) is 5.56 Å². The molecule has 0 aliphatic carbocycles. The maximum atomic E-state index is 12.5. The summed E-state index contributed by atoms with van der Waals surface area (Å²) < 4.78 is 1.90. The molecule has 42 heavy (non-hydrogen) atoms. The smallest absolute Gasteiger partial charge is 0.240 e. The average molecular weight is 569 g/mol. The lowest BCUT2D eigenvalue weighted by Crippen LogP contribution is -2.45. The number of nitrogens with one attached hydrogen (secondary N) is 2. The minimum Gasteiger partial charge on any atom is -0.508 e. The van der Waals surface area contributed by atoms with E-state index in [1.807, 2.05) is 28.9 Å². The summed E-state index contributed by atoms with van der Waals surface area (Å²) in [4.78, 5) is 28.8. The lowest BCUT2D eigenvalue weighted by Gasteiger charge is -2.19. The van der Waals surface area contributed by atoms with Gasteiger partial charge in [0.05, 0.1) is 11.4 Å². The molecule has 0 saturated carbocycles. The molecular weight excluding hydrogens is 528 g/mol. The monoisotopic (exact) mass is 568 g/mol. The van der Waals surface area contributed by atoms with Gasteiger partial charge in [0.25, 0.3) is 0 Å². The molecule has 0 spiro atoms. The molecule has 0 saturated heterocycles. The van der Waals surface area contributed by atoms with Gasteiger partial charge in [-0.3, -0.25) is 14.6 Å². The lowest BCUT2D eigenvalue weighted by molar-refractivity contribution is -0.127. The number of phenols is 1. The van der Waals surface area contributed by atoms with E-state index in [4.69, 9.17) is 10.8 Å². The minimum atomic E-state index is -0.827. The van der Waals surface area contributed by atoms with Crippen LogP contribution in [0.25, 0.3) is 17.1 Å². The molecule has 9 nitrogen and oxygen atoms in total. The molecule has 220 valence electrons. The Balaban J connectivity index is 1.31. The number of rotatable bonds is 13. The molecule has 4 rings (SSSR count). The number of carbonyl (C=O) groups excluding carboxylic acids is 2. The molecular formula is C33H40N6O3. The number of primary amides is 1. The van der Waals surface area contributed by atoms with Crippen molar-refractivity contribution in [2.24, 2.45) is 5.73 Å². The standard InChI is InChI=1S/C33H40N6O3/c1-33(2,3)24-14-16-25(17-15-24)39-30(22-28(38-39)27-12-6-8-18-35-27)36-19-7-4-5-13-31(41)37-29(32(34)42)21-23-10-9-11-26(40)20-23/h6,8-12,14-18,20,22,29,36,40H,4-5,7,13,19,21H2,1-3H3,(H2,34,42)(H,37,41)/t29-/m0/s1. The van der Waals surface area contributed by atoms with Crippen molar-refractivity contribution in [3.05, 3.63) is 90.1 Å². The van der Waals surface area contributed by atoms with Gasteiger partial charge in [-0.2, -0.15) is 5.10 Å². The van der Waals surface area contributed by atoms with Crippen LogP contribution in [-0.4, -0.2) is 44.3 Å². The van der Waals surface area contributed by atoms with E-state index < -0.39 is 11.9 Å². The highest BCUT2D eigenvalue weighted by molar-refractivity contribution is 5.86. The summed E-state index contributed by atoms with van der Waals surface area (Å²) in [5.41, 5.74) is 10.1. The SMILES string of the molecule is CC(C)(C)c1ccc(-n2nc(-c3ccccn3)cc2NCCCCCC(=O)N[C@@H](Cc2cccc(O)c2)C(N)=O)cc1. The molecule has 2 aromatic carbocycles. The van der Waals surface area contributed by atoms with Crippen LogP contribution in [0.3, 0.4) is 0 Å². The average Bonchev–Trinajstić information content (AvgIpc) is 3.39. The second kappa shape index (κ2) is 13.8. The topological polar surface area (TPSA) is 135 Å². The Morgan fingerprint density at radius 2 is 1.74 bits per heavy atom. The number of anilines is 1. The third kappa shape index (κ3) is 8.42. The van der Waals surface area contributed by atoms with Gasteiger partial charge < -0.3 is 21.5 Å². The highest BCUT2D eigenvalue weighted by Crippen LogP contribution is 2.27. The van der Waals surface area contributed by atoms with E-state index in [-0.39, 0.29) is 23.5 Å². The zero-order chi connectivity index (χ0) is 30.1. The predicted octanol–water partition coefficient (Wildman–Crippen LogP) is 5.12. The molecule has 2 aromatic heterocycles. The number of hydrogen-bond acceptors (Lipinski definition) is 6. The predicted molar refractivity (Wildman–Crippen MR) is 165 cm³/mol. The molecule has 9 heteroatoms. The first-order chi connectivity index (χ1) is 20.1. The van der Waals surface area contributed by atoms with Gasteiger partial charge in [-0.1, -0.05) is 57.5 Å². The van der Waals surface area contributed by atoms with Gasteiger partial charge in [0.15, 0.2) is 0 Å². The molecule has 5 N–H and O–H groups in total. The fourth-order valence-corrected chi connectivity index (χ4v) is 4.66. The quantitative estimate of drug-likeness (QED) is 0.165. The number of unbranched alkanes of at least 4 members (excludes halogenated alkanes) is 2. The molecule has 0 bridgehead atoms. The van der Waals surface area contributed by atoms with E-state index >= 15 is 0 Å². The Morgan fingerprint density at radius 1 is 0.952 bits per heavy atom. The number of nitrogens with zero attached hydrogens (tertiary/aromatic N) is 3. The Morgan fingerprint density at radius 3 is 2.40 bits per heavy atom. The van der Waals surface area contributed by atoms with Crippen molar-refractivity contribution in [3.8, 4) is 22.8 Å². The van der Waals surface area contributed by atoms with Crippen LogP contribution in [0.15, 0.2) is 79.0 Å². The number of phenolic OH excluding ortho intramolecular Hbond substituents is 1. The molecule has 0 aliphatic heterocycles. The second-order valence-corrected chi connectivity index (χ2v) is 11.5. The number of benzene rings is 2. The number of hydrogen-bond donors (Lipinski definition) is 4. The van der Waals surface area contributed by atoms with Gasteiger partial charge in [-0.25, -0.2) is 4.68 Å². The summed E-state index contributed by atoms with van der Waals surface area (Å²) in [7, 11) is 0. The van der Waals surface area contributed by atoms with Crippen LogP contribution in [0.4, 0.5) is 5.82 Å². The van der Waals surface area contributed by atoms with Crippen LogP contribution in [-0.2, 0) is 21.4 Å². The largest absolute Gasteiger partial charge is 0.508 e. The number of amides is 2. The zero-order valence-electron chi connectivity index (χ0n) is 24.5. The second-order valence-electron chi connectivity index (χ2n) is 11.5. The fraction of sp³-hybridized carbons (Fsp3) is 0.333. The summed E-state index contributed by atoms with van der Waals surface area (Å²) in [5, 5.41) is 20.7. The van der Waals surface area contributed by atoms with Crippen molar-refractivity contribution in [3.63, 3.8) is 0 Å². The van der Waals surface area contributed by atoms with Crippen LogP contribution in [0.1, 0.15) is 57.6 Å². The van der Waals surface area contributed by atoms with Crippen molar-refractivity contribution in [1.82, 2.24) is 20.1 Å². The van der Waals surface area contributed by atoms with Crippen LogP contribution >= 0.6 is 0 Å². The molecule has 4 aromatic rings. The van der Waals surface area contributed by atoms with Gasteiger partial charge in [-0.05, 0) is 65.8 Å². The van der Waals surface area contributed by atoms with E-state index in [0.717, 1.165) is 41.3 Å². The van der Waals surface area contributed by atoms with Gasteiger partial charge in [0.2, 0.25) is 11.8 Å². The molecule has 0 aliphatic rings. The van der Waals surface area contributed by atoms with Crippen LogP contribution in [0.2, 0.25) is 0 Å². The first-order valence-corrected chi connectivity index (χ1v) is 14.3. The molecule has 0 unspecified atom stereocenters. The third-order valence-corrected chi connectivity index (χ3v) is 7.03. The van der Waals surface area contributed by atoms with Crippen molar-refractivity contribution in [1.29, 1.82) is 0 Å². The summed E-state index contributed by atoms with van der Waals surface area (Å²) in [6, 6.07) is 22.0. The van der Waals surface area contributed by atoms with Gasteiger partial charge in [0, 0.05) is 31.6 Å². The number of aromatic hydroxyl groups is 1. The van der Waals surface area contributed by atoms with Crippen molar-refractivity contribution >= 4 is 17.6 Å². The molecule has 1 atom stereocenters. The van der Waals surface area contributed by atoms with Crippen LogP contribution in [0, 0.1) is 0 Å². The first kappa shape index (κ1) is 30.3.